The molecule has 0 atom stereocenters. The number of ether oxygens (including phenoxy) is 1. The summed E-state index contributed by atoms with van der Waals surface area (Å²) in [6, 6.07) is 0. The zero-order chi connectivity index (χ0) is 9.40. The maximum absolute atomic E-state index is 11.3. The Balaban J connectivity index is 3.81. The molecule has 0 aliphatic carbocycles. The molecule has 2 nitrogen and oxygen atoms in total. The molecule has 0 radical (unpaired) electrons. The summed E-state index contributed by atoms with van der Waals surface area (Å²) in [7, 11) is 0. The Morgan fingerprint density at radius 3 is 2.00 bits per heavy atom. The Morgan fingerprint density at radius 1 is 1.17 bits per heavy atom. The van der Waals surface area contributed by atoms with E-state index in [0.717, 1.165) is 25.7 Å². The van der Waals surface area contributed by atoms with Gasteiger partial charge in [0.05, 0.1) is 12.5 Å². The molecule has 72 valence electrons. The van der Waals surface area contributed by atoms with Gasteiger partial charge >= 0.3 is 5.97 Å². The Hall–Kier alpha value is -0.530. The maximum Gasteiger partial charge on any atom is 0.308 e. The van der Waals surface area contributed by atoms with Gasteiger partial charge in [-0.2, -0.15) is 0 Å². The highest BCUT2D eigenvalue weighted by atomic mass is 16.5. The van der Waals surface area contributed by atoms with E-state index in [2.05, 4.69) is 13.8 Å². The highest BCUT2D eigenvalue weighted by molar-refractivity contribution is 5.72. The highest BCUT2D eigenvalue weighted by Gasteiger charge is 2.16. The van der Waals surface area contributed by atoms with Crippen LogP contribution in [0.1, 0.15) is 46.5 Å². The van der Waals surface area contributed by atoms with Gasteiger partial charge in [-0.05, 0) is 19.8 Å². The van der Waals surface area contributed by atoms with Gasteiger partial charge in [-0.3, -0.25) is 4.79 Å². The van der Waals surface area contributed by atoms with Crippen LogP contribution in [0.2, 0.25) is 0 Å². The van der Waals surface area contributed by atoms with E-state index in [9.17, 15) is 4.79 Å². The minimum absolute atomic E-state index is 0.0128. The summed E-state index contributed by atoms with van der Waals surface area (Å²) < 4.78 is 4.97. The summed E-state index contributed by atoms with van der Waals surface area (Å²) in [6.45, 7) is 6.55. The van der Waals surface area contributed by atoms with E-state index in [-0.39, 0.29) is 11.9 Å². The van der Waals surface area contributed by atoms with Crippen LogP contribution in [-0.2, 0) is 9.53 Å². The van der Waals surface area contributed by atoms with Gasteiger partial charge in [0.2, 0.25) is 0 Å². The van der Waals surface area contributed by atoms with Crippen molar-refractivity contribution < 1.29 is 9.53 Å². The van der Waals surface area contributed by atoms with Gasteiger partial charge < -0.3 is 4.74 Å². The van der Waals surface area contributed by atoms with Gasteiger partial charge in [-0.1, -0.05) is 26.7 Å². The highest BCUT2D eigenvalue weighted by Crippen LogP contribution is 2.14. The molecule has 0 N–H and O–H groups in total. The third kappa shape index (κ3) is 4.37. The van der Waals surface area contributed by atoms with Gasteiger partial charge in [0.25, 0.3) is 0 Å². The Morgan fingerprint density at radius 2 is 1.67 bits per heavy atom. The number of hydrogen-bond acceptors (Lipinski definition) is 2. The lowest BCUT2D eigenvalue weighted by atomic mass is 9.99. The molecule has 0 aromatic rings. The first-order valence-corrected chi connectivity index (χ1v) is 4.92. The summed E-state index contributed by atoms with van der Waals surface area (Å²) >= 11 is 0. The number of carbonyl (C=O) groups excluding carboxylic acids is 1. The molecule has 0 saturated heterocycles. The van der Waals surface area contributed by atoms with Crippen molar-refractivity contribution in [3.05, 3.63) is 0 Å². The number of hydrogen-bond donors (Lipinski definition) is 0. The number of esters is 1. The standard InChI is InChI=1S/C10H20O2/c1-4-7-9(8-5-2)10(11)12-6-3/h9H,4-8H2,1-3H3. The summed E-state index contributed by atoms with van der Waals surface area (Å²) in [5.74, 6) is 0.126. The number of carbonyl (C=O) groups is 1. The van der Waals surface area contributed by atoms with Gasteiger partial charge in [-0.15, -0.1) is 0 Å². The SMILES string of the molecule is CCCC(CCC)C(=O)OCC. The predicted octanol–water partition coefficient (Wildman–Crippen LogP) is 2.77. The van der Waals surface area contributed by atoms with E-state index >= 15 is 0 Å². The first-order valence-electron chi connectivity index (χ1n) is 4.92. The lowest BCUT2D eigenvalue weighted by Gasteiger charge is -2.12. The van der Waals surface area contributed by atoms with Crippen molar-refractivity contribution in [3.63, 3.8) is 0 Å². The second-order valence-corrected chi connectivity index (χ2v) is 3.03. The summed E-state index contributed by atoms with van der Waals surface area (Å²) in [5, 5.41) is 0. The van der Waals surface area contributed by atoms with E-state index < -0.39 is 0 Å². The monoisotopic (exact) mass is 172 g/mol. The summed E-state index contributed by atoms with van der Waals surface area (Å²) in [6.07, 6.45) is 4.05. The average Bonchev–Trinajstić information content (AvgIpc) is 2.04. The molecule has 0 aliphatic heterocycles. The molecule has 0 aromatic heterocycles. The van der Waals surface area contributed by atoms with Crippen LogP contribution in [0, 0.1) is 5.92 Å². The zero-order valence-electron chi connectivity index (χ0n) is 8.43. The minimum Gasteiger partial charge on any atom is -0.466 e. The second kappa shape index (κ2) is 7.14. The van der Waals surface area contributed by atoms with Crippen molar-refractivity contribution in [3.8, 4) is 0 Å². The fourth-order valence-corrected chi connectivity index (χ4v) is 1.34. The topological polar surface area (TPSA) is 26.3 Å². The third-order valence-electron chi connectivity index (χ3n) is 1.89. The van der Waals surface area contributed by atoms with Crippen LogP contribution in [0.3, 0.4) is 0 Å². The van der Waals surface area contributed by atoms with Crippen LogP contribution >= 0.6 is 0 Å². The fraction of sp³-hybridized carbons (Fsp3) is 0.900. The predicted molar refractivity (Wildman–Crippen MR) is 49.9 cm³/mol. The van der Waals surface area contributed by atoms with E-state index in [1.165, 1.54) is 0 Å². The normalized spacial score (nSPS) is 10.3. The van der Waals surface area contributed by atoms with Crippen LogP contribution in [0.15, 0.2) is 0 Å². The summed E-state index contributed by atoms with van der Waals surface area (Å²) in [4.78, 5) is 11.3. The molecule has 0 rings (SSSR count). The molecular formula is C10H20O2. The summed E-state index contributed by atoms with van der Waals surface area (Å²) in [5.41, 5.74) is 0. The lowest BCUT2D eigenvalue weighted by molar-refractivity contribution is -0.148. The van der Waals surface area contributed by atoms with Gasteiger partial charge in [0.1, 0.15) is 0 Å². The molecule has 0 fully saturated rings. The Kier molecular flexibility index (Phi) is 6.82. The Labute approximate surface area is 75.3 Å². The van der Waals surface area contributed by atoms with Gasteiger partial charge in [0.15, 0.2) is 0 Å². The van der Waals surface area contributed by atoms with Crippen LogP contribution in [-0.4, -0.2) is 12.6 Å². The van der Waals surface area contributed by atoms with E-state index in [1.807, 2.05) is 6.92 Å². The van der Waals surface area contributed by atoms with Gasteiger partial charge in [0, 0.05) is 0 Å². The largest absolute Gasteiger partial charge is 0.466 e. The Bertz CT molecular complexity index is 115. The first-order chi connectivity index (χ1) is 5.76. The molecule has 12 heavy (non-hydrogen) atoms. The van der Waals surface area contributed by atoms with Crippen LogP contribution in [0.4, 0.5) is 0 Å². The van der Waals surface area contributed by atoms with E-state index in [0.29, 0.717) is 6.61 Å². The molecular weight excluding hydrogens is 152 g/mol. The van der Waals surface area contributed by atoms with Gasteiger partial charge in [-0.25, -0.2) is 0 Å². The molecule has 0 bridgehead atoms. The van der Waals surface area contributed by atoms with Crippen LogP contribution in [0.25, 0.3) is 0 Å². The molecule has 2 heteroatoms. The maximum atomic E-state index is 11.3. The third-order valence-corrected chi connectivity index (χ3v) is 1.89. The second-order valence-electron chi connectivity index (χ2n) is 3.03. The smallest absolute Gasteiger partial charge is 0.308 e. The molecule has 0 unspecified atom stereocenters. The van der Waals surface area contributed by atoms with Crippen LogP contribution in [0.5, 0.6) is 0 Å². The fourth-order valence-electron chi connectivity index (χ4n) is 1.34. The quantitative estimate of drug-likeness (QED) is 0.576. The van der Waals surface area contributed by atoms with Crippen molar-refractivity contribution in [1.29, 1.82) is 0 Å². The number of rotatable bonds is 6. The van der Waals surface area contributed by atoms with Crippen molar-refractivity contribution in [2.45, 2.75) is 46.5 Å². The molecule has 0 aromatic carbocycles. The van der Waals surface area contributed by atoms with E-state index in [1.54, 1.807) is 0 Å². The molecule has 0 amide bonds. The zero-order valence-corrected chi connectivity index (χ0v) is 8.43. The van der Waals surface area contributed by atoms with Crippen molar-refractivity contribution in [1.82, 2.24) is 0 Å². The van der Waals surface area contributed by atoms with Crippen molar-refractivity contribution in [2.24, 2.45) is 5.92 Å². The molecule has 0 heterocycles. The van der Waals surface area contributed by atoms with Crippen molar-refractivity contribution in [2.75, 3.05) is 6.61 Å². The average molecular weight is 172 g/mol. The molecule has 0 aliphatic rings. The van der Waals surface area contributed by atoms with E-state index in [4.69, 9.17) is 4.74 Å². The van der Waals surface area contributed by atoms with Crippen LogP contribution < -0.4 is 0 Å². The first kappa shape index (κ1) is 11.5. The van der Waals surface area contributed by atoms with Crippen molar-refractivity contribution >= 4 is 5.97 Å². The molecule has 0 spiro atoms. The lowest BCUT2D eigenvalue weighted by Crippen LogP contribution is -2.17. The molecule has 0 saturated carbocycles. The minimum atomic E-state index is -0.0128.